The second-order valence-electron chi connectivity index (χ2n) is 7.14. The molecule has 0 spiro atoms. The summed E-state index contributed by atoms with van der Waals surface area (Å²) in [6, 6.07) is 6.61. The summed E-state index contributed by atoms with van der Waals surface area (Å²) < 4.78 is 6.05. The summed E-state index contributed by atoms with van der Waals surface area (Å²) >= 11 is 0. The van der Waals surface area contributed by atoms with E-state index in [9.17, 15) is 4.79 Å². The van der Waals surface area contributed by atoms with Crippen LogP contribution in [0.3, 0.4) is 0 Å². The Morgan fingerprint density at radius 3 is 3.04 bits per heavy atom. The minimum atomic E-state index is 0.322. The fraction of sp³-hybridized carbons (Fsp3) is 0.632. The molecule has 2 bridgehead atoms. The van der Waals surface area contributed by atoms with Crippen molar-refractivity contribution < 1.29 is 9.53 Å². The molecular formula is C19H26N2O2. The molecular weight excluding hydrogens is 288 g/mol. The molecule has 23 heavy (non-hydrogen) atoms. The van der Waals surface area contributed by atoms with E-state index < -0.39 is 0 Å². The minimum Gasteiger partial charge on any atom is -0.491 e. The first kappa shape index (κ1) is 15.0. The first-order valence-corrected chi connectivity index (χ1v) is 9.07. The Labute approximate surface area is 138 Å². The third-order valence-corrected chi connectivity index (χ3v) is 5.74. The van der Waals surface area contributed by atoms with Gasteiger partial charge in [-0.25, -0.2) is 0 Å². The minimum absolute atomic E-state index is 0.322. The van der Waals surface area contributed by atoms with Crippen LogP contribution in [0.25, 0.3) is 0 Å². The molecule has 2 saturated heterocycles. The lowest BCUT2D eigenvalue weighted by atomic mass is 9.84. The Kier molecular flexibility index (Phi) is 4.25. The summed E-state index contributed by atoms with van der Waals surface area (Å²) in [5.41, 5.74) is 2.25. The summed E-state index contributed by atoms with van der Waals surface area (Å²) in [6.07, 6.45) is 7.93. The smallest absolute Gasteiger partial charge is 0.214 e. The van der Waals surface area contributed by atoms with Gasteiger partial charge in [0.25, 0.3) is 0 Å². The van der Waals surface area contributed by atoms with Crippen molar-refractivity contribution in [1.82, 2.24) is 4.90 Å². The quantitative estimate of drug-likeness (QED) is 0.804. The summed E-state index contributed by atoms with van der Waals surface area (Å²) in [5, 5.41) is 0. The second kappa shape index (κ2) is 6.52. The van der Waals surface area contributed by atoms with Gasteiger partial charge < -0.3 is 14.5 Å². The molecule has 0 aliphatic carbocycles. The second-order valence-corrected chi connectivity index (χ2v) is 7.14. The largest absolute Gasteiger partial charge is 0.491 e. The Morgan fingerprint density at radius 2 is 2.13 bits per heavy atom. The monoisotopic (exact) mass is 314 g/mol. The predicted octanol–water partition coefficient (Wildman–Crippen LogP) is 2.85. The molecule has 3 heterocycles. The molecule has 3 unspecified atom stereocenters. The van der Waals surface area contributed by atoms with Crippen molar-refractivity contribution >= 4 is 12.1 Å². The van der Waals surface area contributed by atoms with E-state index in [0.717, 1.165) is 56.8 Å². The van der Waals surface area contributed by atoms with Crippen molar-refractivity contribution in [2.45, 2.75) is 44.6 Å². The lowest BCUT2D eigenvalue weighted by Gasteiger charge is -2.46. The number of benzene rings is 1. The average Bonchev–Trinajstić information content (AvgIpc) is 2.84. The lowest BCUT2D eigenvalue weighted by molar-refractivity contribution is -0.108. The fourth-order valence-electron chi connectivity index (χ4n) is 4.57. The molecule has 2 fully saturated rings. The van der Waals surface area contributed by atoms with Gasteiger partial charge in [0, 0.05) is 19.1 Å². The molecule has 1 aromatic carbocycles. The third-order valence-electron chi connectivity index (χ3n) is 5.74. The van der Waals surface area contributed by atoms with Gasteiger partial charge in [-0.2, -0.15) is 0 Å². The topological polar surface area (TPSA) is 32.8 Å². The molecule has 0 saturated carbocycles. The van der Waals surface area contributed by atoms with Crippen LogP contribution in [0.15, 0.2) is 18.2 Å². The molecule has 1 amide bonds. The number of nitrogens with zero attached hydrogens (tertiary/aromatic N) is 2. The highest BCUT2D eigenvalue weighted by molar-refractivity contribution is 5.80. The molecule has 4 nitrogen and oxygen atoms in total. The molecule has 3 atom stereocenters. The Hall–Kier alpha value is -1.55. The zero-order valence-corrected chi connectivity index (χ0v) is 13.7. The standard InChI is InChI=1S/C19H26N2O2/c22-14-21(17-9-11-20-10-4-7-16(17)13-20)18-8-3-6-15-5-1-2-12-23-19(15)18/h3,6,8,14,16-17H,1-2,4-5,7,9-13H2. The molecule has 3 aliphatic heterocycles. The van der Waals surface area contributed by atoms with Crippen molar-refractivity contribution in [3.05, 3.63) is 23.8 Å². The van der Waals surface area contributed by atoms with Gasteiger partial charge in [-0.05, 0) is 62.6 Å². The van der Waals surface area contributed by atoms with E-state index in [1.165, 1.54) is 31.4 Å². The average molecular weight is 314 g/mol. The number of carbonyl (C=O) groups is 1. The number of amides is 1. The first-order valence-electron chi connectivity index (χ1n) is 9.07. The molecule has 3 aliphatic rings. The van der Waals surface area contributed by atoms with E-state index in [4.69, 9.17) is 4.74 Å². The van der Waals surface area contributed by atoms with Crippen LogP contribution in [-0.4, -0.2) is 43.6 Å². The van der Waals surface area contributed by atoms with E-state index >= 15 is 0 Å². The molecule has 1 aromatic rings. The number of hydrogen-bond acceptors (Lipinski definition) is 3. The van der Waals surface area contributed by atoms with Crippen LogP contribution in [0.5, 0.6) is 5.75 Å². The Bertz CT molecular complexity index is 574. The maximum Gasteiger partial charge on any atom is 0.214 e. The van der Waals surface area contributed by atoms with Crippen LogP contribution in [0, 0.1) is 5.92 Å². The number of para-hydroxylation sites is 1. The molecule has 124 valence electrons. The molecule has 0 N–H and O–H groups in total. The number of ether oxygens (including phenoxy) is 1. The van der Waals surface area contributed by atoms with Gasteiger partial charge in [0.15, 0.2) is 0 Å². The van der Waals surface area contributed by atoms with Crippen molar-refractivity contribution in [3.63, 3.8) is 0 Å². The molecule has 4 heteroatoms. The first-order chi connectivity index (χ1) is 11.4. The third kappa shape index (κ3) is 2.85. The van der Waals surface area contributed by atoms with Crippen LogP contribution in [-0.2, 0) is 11.2 Å². The number of piperidine rings is 2. The van der Waals surface area contributed by atoms with Crippen molar-refractivity contribution in [2.75, 3.05) is 31.1 Å². The van der Waals surface area contributed by atoms with Crippen LogP contribution < -0.4 is 9.64 Å². The highest BCUT2D eigenvalue weighted by atomic mass is 16.5. The van der Waals surface area contributed by atoms with Crippen molar-refractivity contribution in [3.8, 4) is 5.75 Å². The van der Waals surface area contributed by atoms with Crippen LogP contribution in [0.2, 0.25) is 0 Å². The van der Waals surface area contributed by atoms with Crippen molar-refractivity contribution in [2.24, 2.45) is 5.92 Å². The Balaban J connectivity index is 1.66. The summed E-state index contributed by atoms with van der Waals surface area (Å²) in [4.78, 5) is 16.5. The predicted molar refractivity (Wildman–Crippen MR) is 91.0 cm³/mol. The maximum atomic E-state index is 12.0. The zero-order chi connectivity index (χ0) is 15.6. The van der Waals surface area contributed by atoms with E-state index in [1.807, 2.05) is 4.90 Å². The highest BCUT2D eigenvalue weighted by Gasteiger charge is 2.36. The molecule has 0 radical (unpaired) electrons. The highest BCUT2D eigenvalue weighted by Crippen LogP contribution is 2.39. The summed E-state index contributed by atoms with van der Waals surface area (Å²) in [6.45, 7) is 4.25. The van der Waals surface area contributed by atoms with Gasteiger partial charge in [-0.3, -0.25) is 4.79 Å². The summed E-state index contributed by atoms with van der Waals surface area (Å²) in [7, 11) is 0. The summed E-state index contributed by atoms with van der Waals surface area (Å²) in [5.74, 6) is 1.56. The number of aryl methyl sites for hydroxylation is 1. The lowest BCUT2D eigenvalue weighted by Crippen LogP contribution is -2.53. The van der Waals surface area contributed by atoms with E-state index in [2.05, 4.69) is 23.1 Å². The van der Waals surface area contributed by atoms with Crippen LogP contribution in [0.4, 0.5) is 5.69 Å². The van der Waals surface area contributed by atoms with Gasteiger partial charge in [0.1, 0.15) is 5.75 Å². The van der Waals surface area contributed by atoms with Crippen molar-refractivity contribution in [1.29, 1.82) is 0 Å². The number of rotatable bonds is 3. The number of anilines is 1. The van der Waals surface area contributed by atoms with Gasteiger partial charge in [0.05, 0.1) is 12.3 Å². The number of fused-ring (bicyclic) bond motifs is 3. The van der Waals surface area contributed by atoms with E-state index in [-0.39, 0.29) is 0 Å². The molecule has 4 rings (SSSR count). The van der Waals surface area contributed by atoms with Crippen LogP contribution in [0.1, 0.15) is 37.7 Å². The molecule has 0 aromatic heterocycles. The van der Waals surface area contributed by atoms with Gasteiger partial charge in [0.2, 0.25) is 6.41 Å². The van der Waals surface area contributed by atoms with Gasteiger partial charge in [-0.15, -0.1) is 0 Å². The maximum absolute atomic E-state index is 12.0. The zero-order valence-electron chi connectivity index (χ0n) is 13.7. The van der Waals surface area contributed by atoms with Gasteiger partial charge >= 0.3 is 0 Å². The number of carbonyl (C=O) groups excluding carboxylic acids is 1. The normalized spacial score (nSPS) is 29.8. The van der Waals surface area contributed by atoms with E-state index in [1.54, 1.807) is 0 Å². The fourth-order valence-corrected chi connectivity index (χ4v) is 4.57. The number of hydrogen-bond donors (Lipinski definition) is 0. The Morgan fingerprint density at radius 1 is 1.17 bits per heavy atom. The van der Waals surface area contributed by atoms with Gasteiger partial charge in [-0.1, -0.05) is 12.1 Å². The SMILES string of the molecule is O=CN(c1cccc2c1OCCCC2)C1CCN2CCCC1C2. The van der Waals surface area contributed by atoms with E-state index in [0.29, 0.717) is 12.0 Å². The van der Waals surface area contributed by atoms with Crippen LogP contribution >= 0.6 is 0 Å².